The number of carbonyl (C=O) groups is 1. The number of amides is 1. The Kier molecular flexibility index (Phi) is 4.47. The highest BCUT2D eigenvalue weighted by Gasteiger charge is 2.48. The molecule has 2 aliphatic rings. The zero-order valence-corrected chi connectivity index (χ0v) is 14.4. The Hall–Kier alpha value is -1.39. The maximum atomic E-state index is 13.4. The molecule has 3 rings (SSSR count). The summed E-state index contributed by atoms with van der Waals surface area (Å²) < 4.78 is 0. The minimum Gasteiger partial charge on any atom is -0.390 e. The highest BCUT2D eigenvalue weighted by molar-refractivity contribution is 5.84. The molecule has 0 aromatic heterocycles. The van der Waals surface area contributed by atoms with E-state index in [0.29, 0.717) is 12.8 Å². The van der Waals surface area contributed by atoms with Crippen LogP contribution in [-0.4, -0.2) is 52.1 Å². The van der Waals surface area contributed by atoms with Gasteiger partial charge in [0.2, 0.25) is 5.91 Å². The highest BCUT2D eigenvalue weighted by Crippen LogP contribution is 2.42. The second-order valence-electron chi connectivity index (χ2n) is 7.42. The van der Waals surface area contributed by atoms with E-state index >= 15 is 0 Å². The first kappa shape index (κ1) is 16.5. The second kappa shape index (κ2) is 6.25. The Morgan fingerprint density at radius 1 is 1.30 bits per heavy atom. The van der Waals surface area contributed by atoms with E-state index in [0.717, 1.165) is 24.9 Å². The molecule has 0 radical (unpaired) electrons. The van der Waals surface area contributed by atoms with Crippen LogP contribution in [-0.2, 0) is 4.79 Å². The van der Waals surface area contributed by atoms with Gasteiger partial charge in [-0.15, -0.1) is 0 Å². The van der Waals surface area contributed by atoms with Crippen molar-refractivity contribution in [1.82, 2.24) is 9.80 Å². The molecule has 2 bridgehead atoms. The van der Waals surface area contributed by atoms with Crippen molar-refractivity contribution in [2.75, 3.05) is 13.6 Å². The fourth-order valence-electron chi connectivity index (χ4n) is 4.37. The Labute approximate surface area is 139 Å². The molecule has 1 aromatic carbocycles. The van der Waals surface area contributed by atoms with Gasteiger partial charge in [-0.1, -0.05) is 37.3 Å². The molecule has 1 amide bonds. The van der Waals surface area contributed by atoms with E-state index in [9.17, 15) is 9.90 Å². The molecule has 0 unspecified atom stereocenters. The van der Waals surface area contributed by atoms with E-state index in [1.165, 1.54) is 0 Å². The van der Waals surface area contributed by atoms with E-state index in [2.05, 4.69) is 16.7 Å². The van der Waals surface area contributed by atoms with Crippen molar-refractivity contribution in [1.29, 1.82) is 0 Å². The average Bonchev–Trinajstić information content (AvgIpc) is 2.81. The Balaban J connectivity index is 1.88. The number of carbonyl (C=O) groups excluding carboxylic acids is 1. The number of hydrogen-bond donors (Lipinski definition) is 1. The van der Waals surface area contributed by atoms with Crippen LogP contribution >= 0.6 is 0 Å². The van der Waals surface area contributed by atoms with Gasteiger partial charge >= 0.3 is 0 Å². The Bertz CT molecular complexity index is 542. The summed E-state index contributed by atoms with van der Waals surface area (Å²) in [5.41, 5.74) is 0.431. The zero-order valence-electron chi connectivity index (χ0n) is 14.4. The third-order valence-corrected chi connectivity index (χ3v) is 5.51. The molecule has 126 valence electrons. The van der Waals surface area contributed by atoms with Gasteiger partial charge < -0.3 is 10.0 Å². The molecule has 23 heavy (non-hydrogen) atoms. The topological polar surface area (TPSA) is 43.8 Å². The molecule has 2 saturated heterocycles. The first-order valence-corrected chi connectivity index (χ1v) is 8.72. The lowest BCUT2D eigenvalue weighted by atomic mass is 9.87. The van der Waals surface area contributed by atoms with Gasteiger partial charge in [0.25, 0.3) is 0 Å². The molecular weight excluding hydrogens is 288 g/mol. The number of nitrogens with zero attached hydrogens (tertiary/aromatic N) is 2. The monoisotopic (exact) mass is 316 g/mol. The van der Waals surface area contributed by atoms with Gasteiger partial charge in [-0.25, -0.2) is 0 Å². The summed E-state index contributed by atoms with van der Waals surface area (Å²) >= 11 is 0. The van der Waals surface area contributed by atoms with Crippen molar-refractivity contribution >= 4 is 5.91 Å². The largest absolute Gasteiger partial charge is 0.390 e. The van der Waals surface area contributed by atoms with Gasteiger partial charge in [0.05, 0.1) is 5.60 Å². The van der Waals surface area contributed by atoms with Crippen molar-refractivity contribution in [3.63, 3.8) is 0 Å². The maximum Gasteiger partial charge on any atom is 0.245 e. The summed E-state index contributed by atoms with van der Waals surface area (Å²) in [5, 5.41) is 10.4. The van der Waals surface area contributed by atoms with Gasteiger partial charge in [0.15, 0.2) is 0 Å². The van der Waals surface area contributed by atoms with Crippen LogP contribution in [0.15, 0.2) is 30.3 Å². The number of likely N-dealkylation sites (N-methyl/N-ethyl adjacent to an activating group) is 1. The third-order valence-electron chi connectivity index (χ3n) is 5.51. The predicted molar refractivity (Wildman–Crippen MR) is 91.0 cm³/mol. The Morgan fingerprint density at radius 2 is 1.87 bits per heavy atom. The SMILES string of the molecule is CCN(C)[C@H](C(=O)N1[C@H]2CC[C@H]1CC(C)(O)C2)c1ccccc1. The lowest BCUT2D eigenvalue weighted by Gasteiger charge is -2.44. The van der Waals surface area contributed by atoms with Crippen LogP contribution in [0, 0.1) is 0 Å². The minimum absolute atomic E-state index is 0.188. The maximum absolute atomic E-state index is 13.4. The third kappa shape index (κ3) is 3.15. The van der Waals surface area contributed by atoms with Crippen molar-refractivity contribution < 1.29 is 9.90 Å². The van der Waals surface area contributed by atoms with Gasteiger partial charge in [0.1, 0.15) is 6.04 Å². The first-order valence-electron chi connectivity index (χ1n) is 8.72. The lowest BCUT2D eigenvalue weighted by Crippen LogP contribution is -2.54. The fourth-order valence-corrected chi connectivity index (χ4v) is 4.37. The molecule has 0 spiro atoms. The van der Waals surface area contributed by atoms with Crippen LogP contribution in [0.2, 0.25) is 0 Å². The second-order valence-corrected chi connectivity index (χ2v) is 7.42. The molecule has 4 heteroatoms. The summed E-state index contributed by atoms with van der Waals surface area (Å²) in [5.74, 6) is 0.198. The van der Waals surface area contributed by atoms with Crippen LogP contribution in [0.5, 0.6) is 0 Å². The van der Waals surface area contributed by atoms with Gasteiger partial charge in [-0.3, -0.25) is 9.69 Å². The quantitative estimate of drug-likeness (QED) is 0.928. The van der Waals surface area contributed by atoms with E-state index in [4.69, 9.17) is 0 Å². The molecule has 2 aliphatic heterocycles. The van der Waals surface area contributed by atoms with Crippen molar-refractivity contribution in [3.8, 4) is 0 Å². The Morgan fingerprint density at radius 3 is 2.39 bits per heavy atom. The fraction of sp³-hybridized carbons (Fsp3) is 0.632. The predicted octanol–water partition coefficient (Wildman–Crippen LogP) is 2.58. The minimum atomic E-state index is -0.623. The molecule has 0 saturated carbocycles. The summed E-state index contributed by atoms with van der Waals surface area (Å²) in [6.07, 6.45) is 3.44. The van der Waals surface area contributed by atoms with E-state index < -0.39 is 5.60 Å². The number of fused-ring (bicyclic) bond motifs is 2. The molecular formula is C19H28N2O2. The smallest absolute Gasteiger partial charge is 0.245 e. The number of hydrogen-bond acceptors (Lipinski definition) is 3. The van der Waals surface area contributed by atoms with E-state index in [1.807, 2.05) is 44.3 Å². The molecule has 1 N–H and O–H groups in total. The van der Waals surface area contributed by atoms with E-state index in [-0.39, 0.29) is 24.0 Å². The van der Waals surface area contributed by atoms with E-state index in [1.54, 1.807) is 0 Å². The normalized spacial score (nSPS) is 31.4. The summed E-state index contributed by atoms with van der Waals surface area (Å²) in [6, 6.07) is 10.2. The highest BCUT2D eigenvalue weighted by atomic mass is 16.3. The van der Waals surface area contributed by atoms with Gasteiger partial charge in [0, 0.05) is 12.1 Å². The average molecular weight is 316 g/mol. The molecule has 1 aromatic rings. The standard InChI is InChI=1S/C19H28N2O2/c1-4-20(3)17(14-8-6-5-7-9-14)18(22)21-15-10-11-16(21)13-19(2,23)12-15/h5-9,15-17,23H,4,10-13H2,1-3H3/t15-,16-,17-/m0/s1. The molecule has 3 atom stereocenters. The summed E-state index contributed by atoms with van der Waals surface area (Å²) in [7, 11) is 2.01. The van der Waals surface area contributed by atoms with Crippen molar-refractivity contribution in [2.24, 2.45) is 0 Å². The van der Waals surface area contributed by atoms with Crippen LogP contribution in [0.25, 0.3) is 0 Å². The van der Waals surface area contributed by atoms with Gasteiger partial charge in [-0.2, -0.15) is 0 Å². The van der Waals surface area contributed by atoms with Crippen molar-refractivity contribution in [2.45, 2.75) is 63.3 Å². The molecule has 2 heterocycles. The lowest BCUT2D eigenvalue weighted by molar-refractivity contribution is -0.146. The summed E-state index contributed by atoms with van der Waals surface area (Å²) in [6.45, 7) is 4.82. The zero-order chi connectivity index (χ0) is 16.6. The molecule has 2 fully saturated rings. The van der Waals surface area contributed by atoms with Crippen LogP contribution in [0.3, 0.4) is 0 Å². The van der Waals surface area contributed by atoms with Crippen LogP contribution < -0.4 is 0 Å². The number of benzene rings is 1. The number of aliphatic hydroxyl groups is 1. The first-order chi connectivity index (χ1) is 10.9. The molecule has 4 nitrogen and oxygen atoms in total. The van der Waals surface area contributed by atoms with Crippen LogP contribution in [0.1, 0.15) is 51.1 Å². The number of rotatable bonds is 4. The van der Waals surface area contributed by atoms with Crippen molar-refractivity contribution in [3.05, 3.63) is 35.9 Å². The number of piperidine rings is 1. The van der Waals surface area contributed by atoms with Gasteiger partial charge in [-0.05, 0) is 51.8 Å². The summed E-state index contributed by atoms with van der Waals surface area (Å²) in [4.78, 5) is 17.6. The molecule has 0 aliphatic carbocycles. The van der Waals surface area contributed by atoms with Crippen LogP contribution in [0.4, 0.5) is 0 Å².